The fourth-order valence-corrected chi connectivity index (χ4v) is 4.02. The van der Waals surface area contributed by atoms with Crippen molar-refractivity contribution in [1.29, 1.82) is 0 Å². The zero-order chi connectivity index (χ0) is 13.5. The summed E-state index contributed by atoms with van der Waals surface area (Å²) in [5.74, 6) is 2.36. The minimum Gasteiger partial charge on any atom is -0.0976 e. The Kier molecular flexibility index (Phi) is 16.4. The van der Waals surface area contributed by atoms with Gasteiger partial charge in [0.2, 0.25) is 0 Å². The van der Waals surface area contributed by atoms with Gasteiger partial charge < -0.3 is 0 Å². The Labute approximate surface area is 124 Å². The molecule has 0 saturated heterocycles. The number of rotatable bonds is 14. The van der Waals surface area contributed by atoms with Crippen molar-refractivity contribution in [2.75, 3.05) is 12.0 Å². The van der Waals surface area contributed by atoms with Gasteiger partial charge in [-0.15, -0.1) is 0 Å². The van der Waals surface area contributed by atoms with Crippen LogP contribution in [0.4, 0.5) is 0 Å². The lowest BCUT2D eigenvalue weighted by atomic mass is 9.96. The van der Waals surface area contributed by atoms with Crippen molar-refractivity contribution < 1.29 is 0 Å². The average molecular weight is 291 g/mol. The topological polar surface area (TPSA) is 0 Å². The van der Waals surface area contributed by atoms with Crippen molar-refractivity contribution >= 4 is 21.6 Å². The summed E-state index contributed by atoms with van der Waals surface area (Å²) in [5.41, 5.74) is 0. The normalized spacial score (nSPS) is 12.8. The zero-order valence-electron chi connectivity index (χ0n) is 12.9. The Hall–Kier alpha value is 0.700. The lowest BCUT2D eigenvalue weighted by Crippen LogP contribution is -2.03. The third-order valence-corrected chi connectivity index (χ3v) is 5.56. The second-order valence-corrected chi connectivity index (χ2v) is 7.98. The van der Waals surface area contributed by atoms with Crippen molar-refractivity contribution in [3.8, 4) is 0 Å². The number of unbranched alkanes of at least 4 members (excludes halogenated alkanes) is 7. The van der Waals surface area contributed by atoms with Crippen molar-refractivity contribution in [2.24, 2.45) is 5.92 Å². The molecule has 0 aliphatic carbocycles. The fourth-order valence-electron chi connectivity index (χ4n) is 2.37. The Morgan fingerprint density at radius 2 is 1.22 bits per heavy atom. The first-order valence-electron chi connectivity index (χ1n) is 8.00. The summed E-state index contributed by atoms with van der Waals surface area (Å²) in [7, 11) is 4.00. The van der Waals surface area contributed by atoms with Gasteiger partial charge in [-0.25, -0.2) is 0 Å². The largest absolute Gasteiger partial charge is 0.0976 e. The molecule has 0 aliphatic rings. The highest BCUT2D eigenvalue weighted by Gasteiger charge is 2.08. The molecule has 0 radical (unpaired) electrons. The average Bonchev–Trinajstić information content (AvgIpc) is 2.39. The molecule has 0 amide bonds. The summed E-state index contributed by atoms with van der Waals surface area (Å²) < 4.78 is 0. The summed E-state index contributed by atoms with van der Waals surface area (Å²) in [6, 6.07) is 0. The van der Waals surface area contributed by atoms with Crippen molar-refractivity contribution in [2.45, 2.75) is 84.5 Å². The zero-order valence-corrected chi connectivity index (χ0v) is 14.5. The first-order valence-corrected chi connectivity index (χ1v) is 10.7. The Morgan fingerprint density at radius 1 is 0.722 bits per heavy atom. The van der Waals surface area contributed by atoms with Crippen LogP contribution < -0.4 is 0 Å². The summed E-state index contributed by atoms with van der Waals surface area (Å²) in [6.45, 7) is 4.60. The molecule has 2 heteroatoms. The molecule has 0 rings (SSSR count). The Bertz CT molecular complexity index is 148. The SMILES string of the molecule is CCCCCCCC(CCCCCC)CSSC. The lowest BCUT2D eigenvalue weighted by Gasteiger charge is -2.15. The second-order valence-electron chi connectivity index (χ2n) is 5.37. The third kappa shape index (κ3) is 13.1. The van der Waals surface area contributed by atoms with Crippen LogP contribution in [0.25, 0.3) is 0 Å². The van der Waals surface area contributed by atoms with E-state index in [9.17, 15) is 0 Å². The molecule has 0 aromatic heterocycles. The van der Waals surface area contributed by atoms with E-state index in [1.807, 2.05) is 10.8 Å². The predicted molar refractivity (Wildman–Crippen MR) is 91.6 cm³/mol. The Morgan fingerprint density at radius 3 is 1.72 bits per heavy atom. The van der Waals surface area contributed by atoms with Gasteiger partial charge in [-0.3, -0.25) is 0 Å². The van der Waals surface area contributed by atoms with E-state index in [-0.39, 0.29) is 0 Å². The molecule has 1 atom stereocenters. The number of hydrogen-bond donors (Lipinski definition) is 0. The molecule has 0 nitrogen and oxygen atoms in total. The highest BCUT2D eigenvalue weighted by Crippen LogP contribution is 2.27. The molecule has 1 unspecified atom stereocenters. The molecule has 0 spiro atoms. The van der Waals surface area contributed by atoms with Gasteiger partial charge in [0.25, 0.3) is 0 Å². The first kappa shape index (κ1) is 18.7. The monoisotopic (exact) mass is 290 g/mol. The molecule has 0 heterocycles. The molecule has 0 bridgehead atoms. The van der Waals surface area contributed by atoms with Crippen LogP contribution in [0, 0.1) is 5.92 Å². The highest BCUT2D eigenvalue weighted by molar-refractivity contribution is 8.76. The van der Waals surface area contributed by atoms with Gasteiger partial charge in [-0.1, -0.05) is 93.2 Å². The molecule has 110 valence electrons. The summed E-state index contributed by atoms with van der Waals surface area (Å²) in [5, 5.41) is 0. The molecule has 0 saturated carbocycles. The second kappa shape index (κ2) is 15.8. The molecule has 0 N–H and O–H groups in total. The fraction of sp³-hybridized carbons (Fsp3) is 1.00. The van der Waals surface area contributed by atoms with Crippen LogP contribution in [0.5, 0.6) is 0 Å². The van der Waals surface area contributed by atoms with Crippen LogP contribution in [0.1, 0.15) is 84.5 Å². The lowest BCUT2D eigenvalue weighted by molar-refractivity contribution is 0.441. The van der Waals surface area contributed by atoms with Crippen LogP contribution in [0.15, 0.2) is 0 Å². The maximum Gasteiger partial charge on any atom is 0.00652 e. The van der Waals surface area contributed by atoms with Gasteiger partial charge in [0, 0.05) is 5.75 Å². The molecule has 0 aromatic carbocycles. The summed E-state index contributed by atoms with van der Waals surface area (Å²) >= 11 is 0. The molecule has 18 heavy (non-hydrogen) atoms. The van der Waals surface area contributed by atoms with Gasteiger partial charge in [-0.2, -0.15) is 0 Å². The van der Waals surface area contributed by atoms with Crippen molar-refractivity contribution in [3.63, 3.8) is 0 Å². The Balaban J connectivity index is 3.56. The van der Waals surface area contributed by atoms with Gasteiger partial charge >= 0.3 is 0 Å². The van der Waals surface area contributed by atoms with E-state index in [0.29, 0.717) is 0 Å². The smallest absolute Gasteiger partial charge is 0.00652 e. The highest BCUT2D eigenvalue weighted by atomic mass is 33.1. The molecular weight excluding hydrogens is 256 g/mol. The maximum absolute atomic E-state index is 2.30. The molecule has 0 aromatic rings. The third-order valence-electron chi connectivity index (χ3n) is 3.60. The van der Waals surface area contributed by atoms with Crippen LogP contribution in [-0.2, 0) is 0 Å². The van der Waals surface area contributed by atoms with Gasteiger partial charge in [0.05, 0.1) is 0 Å². The molecule has 0 fully saturated rings. The van der Waals surface area contributed by atoms with Crippen LogP contribution in [0.3, 0.4) is 0 Å². The van der Waals surface area contributed by atoms with Crippen LogP contribution >= 0.6 is 21.6 Å². The van der Waals surface area contributed by atoms with Crippen molar-refractivity contribution in [1.82, 2.24) is 0 Å². The first-order chi connectivity index (χ1) is 8.85. The van der Waals surface area contributed by atoms with Gasteiger partial charge in [-0.05, 0) is 25.0 Å². The minimum absolute atomic E-state index is 0.987. The van der Waals surface area contributed by atoms with E-state index in [0.717, 1.165) is 5.92 Å². The van der Waals surface area contributed by atoms with Gasteiger partial charge in [0.1, 0.15) is 0 Å². The summed E-state index contributed by atoms with van der Waals surface area (Å²) in [4.78, 5) is 0. The quantitative estimate of drug-likeness (QED) is 0.251. The summed E-state index contributed by atoms with van der Waals surface area (Å²) in [6.07, 6.45) is 18.0. The minimum atomic E-state index is 0.987. The van der Waals surface area contributed by atoms with E-state index < -0.39 is 0 Å². The molecular formula is C16H34S2. The van der Waals surface area contributed by atoms with Crippen LogP contribution in [-0.4, -0.2) is 12.0 Å². The number of hydrogen-bond acceptors (Lipinski definition) is 2. The standard InChI is InChI=1S/C16H34S2/c1-4-6-8-10-12-14-16(15-18-17-3)13-11-9-7-5-2/h16H,4-15H2,1-3H3. The molecule has 0 aliphatic heterocycles. The maximum atomic E-state index is 2.30. The van der Waals surface area contributed by atoms with E-state index >= 15 is 0 Å². The van der Waals surface area contributed by atoms with E-state index in [4.69, 9.17) is 0 Å². The predicted octanol–water partition coefficient (Wildman–Crippen LogP) is 6.94. The van der Waals surface area contributed by atoms with E-state index in [1.165, 1.54) is 76.4 Å². The van der Waals surface area contributed by atoms with Gasteiger partial charge in [0.15, 0.2) is 0 Å². The van der Waals surface area contributed by atoms with E-state index in [1.54, 1.807) is 0 Å². The van der Waals surface area contributed by atoms with Crippen molar-refractivity contribution in [3.05, 3.63) is 0 Å². The van der Waals surface area contributed by atoms with E-state index in [2.05, 4.69) is 30.9 Å². The van der Waals surface area contributed by atoms with Crippen LogP contribution in [0.2, 0.25) is 0 Å².